The monoisotopic (exact) mass is 431 g/mol. The molecule has 162 valence electrons. The molecule has 0 atom stereocenters. The zero-order chi connectivity index (χ0) is 22.5. The number of benzene rings is 2. The number of carbonyl (C=O) groups excluding carboxylic acids is 2. The first-order valence-electron chi connectivity index (χ1n) is 10.0. The molecule has 2 aromatic carbocycles. The maximum absolute atomic E-state index is 12.7. The molecular weight excluding hydrogens is 410 g/mol. The Bertz CT molecular complexity index is 1210. The van der Waals surface area contributed by atoms with Gasteiger partial charge in [0.05, 0.1) is 19.1 Å². The van der Waals surface area contributed by atoms with Crippen molar-refractivity contribution >= 4 is 17.8 Å². The van der Waals surface area contributed by atoms with E-state index in [0.29, 0.717) is 40.7 Å². The Morgan fingerprint density at radius 2 is 1.97 bits per heavy atom. The molecule has 7 heteroatoms. The fourth-order valence-electron chi connectivity index (χ4n) is 3.28. The maximum Gasteiger partial charge on any atom is 0.311 e. The lowest BCUT2D eigenvalue weighted by Gasteiger charge is -2.07. The van der Waals surface area contributed by atoms with Crippen molar-refractivity contribution in [2.24, 2.45) is 0 Å². The normalized spacial score (nSPS) is 13.9. The van der Waals surface area contributed by atoms with Crippen molar-refractivity contribution in [3.63, 3.8) is 0 Å². The SMILES string of the molecule is COc1cc(CCC(=O)Oc2cc(C)c3c(c2)O/C(=C\C=C\c2ccccc2)C3=O)on1. The van der Waals surface area contributed by atoms with Gasteiger partial charge in [0.2, 0.25) is 5.78 Å². The highest BCUT2D eigenvalue weighted by atomic mass is 16.5. The van der Waals surface area contributed by atoms with E-state index < -0.39 is 5.97 Å². The number of ether oxygens (including phenoxy) is 3. The largest absolute Gasteiger partial charge is 0.479 e. The molecule has 0 amide bonds. The second-order valence-corrected chi connectivity index (χ2v) is 7.15. The van der Waals surface area contributed by atoms with Crippen molar-refractivity contribution in [2.45, 2.75) is 19.8 Å². The summed E-state index contributed by atoms with van der Waals surface area (Å²) in [5.74, 6) is 1.14. The molecule has 32 heavy (non-hydrogen) atoms. The minimum atomic E-state index is -0.439. The van der Waals surface area contributed by atoms with Crippen LogP contribution in [-0.2, 0) is 11.2 Å². The van der Waals surface area contributed by atoms with Crippen LogP contribution < -0.4 is 14.2 Å². The van der Waals surface area contributed by atoms with Gasteiger partial charge in [-0.15, -0.1) is 0 Å². The molecular formula is C25H21NO6. The number of esters is 1. The van der Waals surface area contributed by atoms with Crippen LogP contribution in [0.15, 0.2) is 71.0 Å². The Balaban J connectivity index is 1.41. The third kappa shape index (κ3) is 4.78. The molecule has 0 unspecified atom stereocenters. The number of hydrogen-bond acceptors (Lipinski definition) is 7. The number of allylic oxidation sites excluding steroid dienone is 3. The summed E-state index contributed by atoms with van der Waals surface area (Å²) in [5, 5.41) is 3.69. The van der Waals surface area contributed by atoms with Crippen LogP contribution in [0, 0.1) is 6.92 Å². The lowest BCUT2D eigenvalue weighted by molar-refractivity contribution is -0.134. The predicted molar refractivity (Wildman–Crippen MR) is 117 cm³/mol. The number of aromatic nitrogens is 1. The van der Waals surface area contributed by atoms with Crippen LogP contribution >= 0.6 is 0 Å². The molecule has 1 aliphatic rings. The number of fused-ring (bicyclic) bond motifs is 1. The number of hydrogen-bond donors (Lipinski definition) is 0. The first kappa shape index (κ1) is 21.1. The molecule has 0 saturated carbocycles. The second kappa shape index (κ2) is 9.34. The number of carbonyl (C=O) groups is 2. The molecule has 0 spiro atoms. The third-order valence-corrected chi connectivity index (χ3v) is 4.83. The molecule has 0 saturated heterocycles. The van der Waals surface area contributed by atoms with Gasteiger partial charge in [0, 0.05) is 18.6 Å². The Morgan fingerprint density at radius 1 is 1.16 bits per heavy atom. The molecule has 3 aromatic rings. The van der Waals surface area contributed by atoms with E-state index in [9.17, 15) is 9.59 Å². The minimum absolute atomic E-state index is 0.101. The number of aryl methyl sites for hydroxylation is 2. The van der Waals surface area contributed by atoms with Gasteiger partial charge in [-0.2, -0.15) is 0 Å². The highest BCUT2D eigenvalue weighted by Crippen LogP contribution is 2.37. The smallest absolute Gasteiger partial charge is 0.311 e. The number of methoxy groups -OCH3 is 1. The summed E-state index contributed by atoms with van der Waals surface area (Å²) in [6.45, 7) is 1.78. The minimum Gasteiger partial charge on any atom is -0.479 e. The van der Waals surface area contributed by atoms with Crippen LogP contribution in [0.2, 0.25) is 0 Å². The van der Waals surface area contributed by atoms with E-state index in [-0.39, 0.29) is 18.0 Å². The lowest BCUT2D eigenvalue weighted by atomic mass is 10.0. The van der Waals surface area contributed by atoms with Gasteiger partial charge in [0.1, 0.15) is 17.3 Å². The molecule has 0 bridgehead atoms. The highest BCUT2D eigenvalue weighted by Gasteiger charge is 2.29. The summed E-state index contributed by atoms with van der Waals surface area (Å²) in [5.41, 5.74) is 2.16. The van der Waals surface area contributed by atoms with E-state index in [1.165, 1.54) is 7.11 Å². The van der Waals surface area contributed by atoms with Crippen molar-refractivity contribution in [3.8, 4) is 17.4 Å². The second-order valence-electron chi connectivity index (χ2n) is 7.15. The van der Waals surface area contributed by atoms with Gasteiger partial charge < -0.3 is 18.7 Å². The average molecular weight is 431 g/mol. The zero-order valence-corrected chi connectivity index (χ0v) is 17.7. The lowest BCUT2D eigenvalue weighted by Crippen LogP contribution is -2.09. The van der Waals surface area contributed by atoms with E-state index in [0.717, 1.165) is 5.56 Å². The van der Waals surface area contributed by atoms with Gasteiger partial charge in [-0.1, -0.05) is 42.5 Å². The van der Waals surface area contributed by atoms with E-state index in [1.54, 1.807) is 37.3 Å². The maximum atomic E-state index is 12.7. The summed E-state index contributed by atoms with van der Waals surface area (Å²) < 4.78 is 21.2. The molecule has 0 aliphatic carbocycles. The quantitative estimate of drug-likeness (QED) is 0.304. The van der Waals surface area contributed by atoms with Crippen molar-refractivity contribution in [1.29, 1.82) is 0 Å². The Labute approximate surface area is 184 Å². The molecule has 7 nitrogen and oxygen atoms in total. The van der Waals surface area contributed by atoms with Gasteiger partial charge in [-0.3, -0.25) is 9.59 Å². The van der Waals surface area contributed by atoms with E-state index in [4.69, 9.17) is 18.7 Å². The topological polar surface area (TPSA) is 87.9 Å². The summed E-state index contributed by atoms with van der Waals surface area (Å²) in [7, 11) is 1.49. The van der Waals surface area contributed by atoms with Crippen LogP contribution in [0.3, 0.4) is 0 Å². The highest BCUT2D eigenvalue weighted by molar-refractivity contribution is 6.13. The zero-order valence-electron chi connectivity index (χ0n) is 17.7. The van der Waals surface area contributed by atoms with Crippen molar-refractivity contribution in [2.75, 3.05) is 7.11 Å². The number of ketones is 1. The van der Waals surface area contributed by atoms with Gasteiger partial charge >= 0.3 is 5.97 Å². The van der Waals surface area contributed by atoms with E-state index in [1.807, 2.05) is 36.4 Å². The van der Waals surface area contributed by atoms with Gasteiger partial charge in [0.15, 0.2) is 5.76 Å². The average Bonchev–Trinajstić information content (AvgIpc) is 3.37. The van der Waals surface area contributed by atoms with E-state index >= 15 is 0 Å². The van der Waals surface area contributed by atoms with Gasteiger partial charge in [0.25, 0.3) is 5.88 Å². The van der Waals surface area contributed by atoms with Crippen LogP contribution in [0.25, 0.3) is 6.08 Å². The summed E-state index contributed by atoms with van der Waals surface area (Å²) in [6, 6.07) is 14.6. The van der Waals surface area contributed by atoms with Crippen molar-refractivity contribution in [1.82, 2.24) is 5.16 Å². The predicted octanol–water partition coefficient (Wildman–Crippen LogP) is 4.70. The molecule has 0 radical (unpaired) electrons. The molecule has 4 rings (SSSR count). The van der Waals surface area contributed by atoms with Gasteiger partial charge in [-0.05, 0) is 35.3 Å². The molecule has 1 aliphatic heterocycles. The summed E-state index contributed by atoms with van der Waals surface area (Å²) in [6.07, 6.45) is 5.71. The Morgan fingerprint density at radius 3 is 2.72 bits per heavy atom. The van der Waals surface area contributed by atoms with E-state index in [2.05, 4.69) is 5.16 Å². The summed E-state index contributed by atoms with van der Waals surface area (Å²) in [4.78, 5) is 25.0. The summed E-state index contributed by atoms with van der Waals surface area (Å²) >= 11 is 0. The number of Topliss-reactive ketones (excluding diaryl/α,β-unsaturated/α-hetero) is 1. The van der Waals surface area contributed by atoms with Crippen LogP contribution in [0.1, 0.15) is 33.7 Å². The van der Waals surface area contributed by atoms with Crippen molar-refractivity contribution in [3.05, 3.63) is 88.9 Å². The molecule has 2 heterocycles. The Hall–Kier alpha value is -4.13. The van der Waals surface area contributed by atoms with Gasteiger partial charge in [-0.25, -0.2) is 0 Å². The number of rotatable bonds is 7. The fraction of sp³-hybridized carbons (Fsp3) is 0.160. The van der Waals surface area contributed by atoms with Crippen LogP contribution in [-0.4, -0.2) is 24.0 Å². The Kier molecular flexibility index (Phi) is 6.17. The van der Waals surface area contributed by atoms with Crippen LogP contribution in [0.4, 0.5) is 0 Å². The fourth-order valence-corrected chi connectivity index (χ4v) is 3.28. The third-order valence-electron chi connectivity index (χ3n) is 4.83. The molecule has 0 fully saturated rings. The van der Waals surface area contributed by atoms with Crippen LogP contribution in [0.5, 0.6) is 17.4 Å². The standard InChI is InChI=1S/C25H21NO6/c1-16-13-19(30-23(27)12-11-18-15-22(29-2)26-32-18)14-21-24(16)25(28)20(31-21)10-6-9-17-7-4-3-5-8-17/h3-10,13-15H,11-12H2,1-2H3/b9-6+,20-10-. The number of nitrogens with zero attached hydrogens (tertiary/aromatic N) is 1. The molecule has 1 aromatic heterocycles. The molecule has 0 N–H and O–H groups in total. The first-order valence-corrected chi connectivity index (χ1v) is 10.0. The van der Waals surface area contributed by atoms with Crippen molar-refractivity contribution < 1.29 is 28.3 Å². The first-order chi connectivity index (χ1) is 15.5.